The predicted octanol–water partition coefficient (Wildman–Crippen LogP) is -2.97. The van der Waals surface area contributed by atoms with E-state index < -0.39 is 188 Å². The summed E-state index contributed by atoms with van der Waals surface area (Å²) in [6, 6.07) is 0. The van der Waals surface area contributed by atoms with Gasteiger partial charge in [0.05, 0.1) is 119 Å². The van der Waals surface area contributed by atoms with Gasteiger partial charge in [-0.2, -0.15) is 0 Å². The van der Waals surface area contributed by atoms with Crippen molar-refractivity contribution >= 4 is 78.2 Å². The highest BCUT2D eigenvalue weighted by Crippen LogP contribution is 2.46. The zero-order valence-electron chi connectivity index (χ0n) is 42.6. The molecule has 0 saturated heterocycles. The summed E-state index contributed by atoms with van der Waals surface area (Å²) < 4.78 is 192. The van der Waals surface area contributed by atoms with Gasteiger partial charge in [-0.3, -0.25) is 45.7 Å². The van der Waals surface area contributed by atoms with E-state index in [2.05, 4.69) is 81.4 Å². The lowest BCUT2D eigenvalue weighted by molar-refractivity contribution is -0.238. The van der Waals surface area contributed by atoms with Crippen LogP contribution in [0.5, 0.6) is 0 Å². The number of phosphoric acid groups is 10. The Morgan fingerprint density at radius 1 is 0.275 bits per heavy atom. The van der Waals surface area contributed by atoms with Crippen LogP contribution in [0, 0.1) is 17.8 Å². The quantitative estimate of drug-likeness (QED) is 0.0404. The van der Waals surface area contributed by atoms with Crippen molar-refractivity contribution in [2.75, 3.05) is 126 Å². The summed E-state index contributed by atoms with van der Waals surface area (Å²) in [5.74, 6) is -1.77. The topological polar surface area (TPSA) is 628 Å². The Balaban J connectivity index is 0. The molecule has 0 aliphatic heterocycles. The zero-order chi connectivity index (χ0) is 62.0. The molecule has 0 heterocycles. The van der Waals surface area contributed by atoms with Gasteiger partial charge in [0, 0.05) is 24.4 Å². The fourth-order valence-electron chi connectivity index (χ4n) is 4.10. The summed E-state index contributed by atoms with van der Waals surface area (Å²) in [4.78, 5) is 131. The van der Waals surface area contributed by atoms with Crippen molar-refractivity contribution in [2.24, 2.45) is 17.8 Å². The highest BCUT2D eigenvalue weighted by molar-refractivity contribution is 7.48. The summed E-state index contributed by atoms with van der Waals surface area (Å²) in [6.45, 7) is -7.66. The molecule has 0 rings (SSSR count). The Labute approximate surface area is 458 Å². The number of hydrogen-bond donors (Lipinski definition) is 3. The predicted molar refractivity (Wildman–Crippen MR) is 242 cm³/mol. The molecule has 13 unspecified atom stereocenters. The minimum Gasteiger partial charge on any atom is -0.756 e. The lowest BCUT2D eigenvalue weighted by Gasteiger charge is -2.27. The molecule has 13 atom stereocenters. The maximum atomic E-state index is 11.8. The first-order valence-corrected chi connectivity index (χ1v) is 37.0. The molecule has 0 fully saturated rings. The fraction of sp³-hybridized carbons (Fsp3) is 1.00. The molecule has 51 heteroatoms. The number of aliphatic hydroxyl groups excluding tert-OH is 1. The standard InChI is InChI=1S/C22H54O33P8.C7H18O8P2/c1-3-21(17-23)18-54-62(37,38)51-15-13-49-60(33,34)47-11-9-45-58(29,30)43-7-5-41-57(27,28)42-6-8-44-59(31,32)46-10-12-48-61(35,36)50-14-16-52-63(39,40)55-20-22(4-2)19-53-56(24,25)26;1-3-7(5-14-16(8,9)10)6-15-17(11,12)13-4-2/h21-23H,3-20H2,1-2H3,(H,27,28)(H,29,30)(H,31,32)(H,33,34)(H,35,36)(H,37,38)(H,39,40)(H2,24,25,26);7H,3-6H2,1-2H3,(H,11,12)(H2,8,9,10)/p-10. The van der Waals surface area contributed by atoms with E-state index in [4.69, 9.17) is 14.9 Å². The van der Waals surface area contributed by atoms with Crippen molar-refractivity contribution < 1.29 is 191 Å². The Morgan fingerprint density at radius 3 is 0.600 bits per heavy atom. The van der Waals surface area contributed by atoms with E-state index in [9.17, 15) is 94.6 Å². The summed E-state index contributed by atoms with van der Waals surface area (Å²) >= 11 is 0. The summed E-state index contributed by atoms with van der Waals surface area (Å²) in [5.41, 5.74) is 0. The van der Waals surface area contributed by atoms with Gasteiger partial charge in [-0.1, -0.05) is 20.8 Å². The molecule has 41 nitrogen and oxygen atoms in total. The first-order valence-electron chi connectivity index (χ1n) is 22.4. The second-order valence-corrected chi connectivity index (χ2v) is 28.1. The normalized spacial score (nSPS) is 20.9. The number of aliphatic hydroxyl groups is 1. The van der Waals surface area contributed by atoms with Gasteiger partial charge in [0.25, 0.3) is 78.2 Å². The van der Waals surface area contributed by atoms with E-state index in [0.29, 0.717) is 12.8 Å². The van der Waals surface area contributed by atoms with E-state index in [0.717, 1.165) is 0 Å². The molecule has 0 radical (unpaired) electrons. The highest BCUT2D eigenvalue weighted by atomic mass is 31.2. The molecule has 0 aliphatic rings. The number of hydrogen-bond acceptors (Lipinski definition) is 39. The third kappa shape index (κ3) is 51.1. The summed E-state index contributed by atoms with van der Waals surface area (Å²) in [6.07, 6.45) is 0.989. The molecule has 0 bridgehead atoms. The van der Waals surface area contributed by atoms with E-state index in [1.54, 1.807) is 13.8 Å². The molecule has 0 aliphatic carbocycles. The van der Waals surface area contributed by atoms with Gasteiger partial charge >= 0.3 is 0 Å². The highest BCUT2D eigenvalue weighted by Gasteiger charge is 2.21. The fourth-order valence-corrected chi connectivity index (χ4v) is 10.6. The van der Waals surface area contributed by atoms with Crippen molar-refractivity contribution in [2.45, 2.75) is 47.0 Å². The molecule has 0 amide bonds. The molecule has 80 heavy (non-hydrogen) atoms. The largest absolute Gasteiger partial charge is 0.756 e. The van der Waals surface area contributed by atoms with Crippen LogP contribution >= 0.6 is 78.2 Å². The van der Waals surface area contributed by atoms with Gasteiger partial charge in [-0.25, -0.2) is 0 Å². The number of phosphoric ester groups is 10. The van der Waals surface area contributed by atoms with Crippen molar-refractivity contribution in [1.82, 2.24) is 0 Å². The van der Waals surface area contributed by atoms with Crippen molar-refractivity contribution in [3.8, 4) is 0 Å². The van der Waals surface area contributed by atoms with Crippen LogP contribution in [0.4, 0.5) is 0 Å². The van der Waals surface area contributed by atoms with Crippen molar-refractivity contribution in [1.29, 1.82) is 0 Å². The second-order valence-electron chi connectivity index (χ2n) is 14.4. The second kappa shape index (κ2) is 41.3. The zero-order valence-corrected chi connectivity index (χ0v) is 51.6. The molecule has 0 aromatic carbocycles. The Kier molecular flexibility index (Phi) is 42.9. The molecular formula is C29H62O41P10-10. The molecule has 0 aromatic rings. The van der Waals surface area contributed by atoms with Crippen LogP contribution in [0.25, 0.3) is 0 Å². The van der Waals surface area contributed by atoms with Gasteiger partial charge < -0.3 is 145 Å². The van der Waals surface area contributed by atoms with Crippen LogP contribution in [0.3, 0.4) is 0 Å². The van der Waals surface area contributed by atoms with Crippen LogP contribution in [0.15, 0.2) is 0 Å². The third-order valence-corrected chi connectivity index (χ3v) is 17.0. The average molecular weight is 1380 g/mol. The third-order valence-electron chi connectivity index (χ3n) is 8.12. The molecule has 0 aromatic heterocycles. The van der Waals surface area contributed by atoms with Gasteiger partial charge in [0.2, 0.25) is 0 Å². The maximum absolute atomic E-state index is 11.8. The SMILES string of the molecule is CCC(CO)COP(=O)([O-])OCCOP(=O)([O-])OCCOP(=O)([O-])OCCOP(=O)([O-])OCCOP(=O)([O-])OCCOP(=O)([O-])OCCOP(=O)([O-])OCC(CC)COP(=O)([O-])O.CCOP(=O)([O-])OCC(CC)COP(=O)([O-])O. The minimum absolute atomic E-state index is 0.0412. The average Bonchev–Trinajstić information content (AvgIpc) is 3.32. The molecule has 484 valence electrons. The van der Waals surface area contributed by atoms with Crippen LogP contribution in [0.1, 0.15) is 47.0 Å². The van der Waals surface area contributed by atoms with Crippen LogP contribution in [-0.2, 0) is 127 Å². The molecule has 0 spiro atoms. The first-order chi connectivity index (χ1) is 36.6. The lowest BCUT2D eigenvalue weighted by atomic mass is 10.1. The monoisotopic (exact) mass is 1380 g/mol. The van der Waals surface area contributed by atoms with Crippen molar-refractivity contribution in [3.63, 3.8) is 0 Å². The molecule has 0 saturated carbocycles. The van der Waals surface area contributed by atoms with E-state index in [1.165, 1.54) is 13.8 Å². The smallest absolute Gasteiger partial charge is 0.268 e. The van der Waals surface area contributed by atoms with Crippen LogP contribution in [0.2, 0.25) is 0 Å². The van der Waals surface area contributed by atoms with E-state index in [-0.39, 0.29) is 39.5 Å². The summed E-state index contributed by atoms with van der Waals surface area (Å²) in [5, 5.41) is 9.03. The minimum atomic E-state index is -5.23. The van der Waals surface area contributed by atoms with E-state index in [1.807, 2.05) is 0 Å². The number of rotatable bonds is 51. The van der Waals surface area contributed by atoms with Gasteiger partial charge in [-0.05, 0) is 26.2 Å². The Morgan fingerprint density at radius 2 is 0.438 bits per heavy atom. The van der Waals surface area contributed by atoms with Gasteiger partial charge in [0.15, 0.2) is 0 Å². The Hall–Kier alpha value is 1.06. The maximum Gasteiger partial charge on any atom is 0.268 e. The Bertz CT molecular complexity index is 2190. The van der Waals surface area contributed by atoms with Gasteiger partial charge in [0.1, 0.15) is 0 Å². The van der Waals surface area contributed by atoms with Gasteiger partial charge in [-0.15, -0.1) is 0 Å². The van der Waals surface area contributed by atoms with Crippen LogP contribution < -0.4 is 48.9 Å². The first kappa shape index (κ1) is 83.1. The summed E-state index contributed by atoms with van der Waals surface area (Å²) in [7, 11) is -50.0. The van der Waals surface area contributed by atoms with Crippen LogP contribution in [-0.4, -0.2) is 140 Å². The molecule has 3 N–H and O–H groups in total. The van der Waals surface area contributed by atoms with Crippen molar-refractivity contribution in [3.05, 3.63) is 0 Å². The lowest BCUT2D eigenvalue weighted by Crippen LogP contribution is -2.20. The van der Waals surface area contributed by atoms with E-state index >= 15 is 0 Å². The molecular weight excluding hydrogens is 1310 g/mol.